The zero-order valence-corrected chi connectivity index (χ0v) is 24.0. The molecule has 0 aliphatic carbocycles. The van der Waals surface area contributed by atoms with E-state index in [1.807, 2.05) is 16.9 Å². The summed E-state index contributed by atoms with van der Waals surface area (Å²) < 4.78 is 4.52. The molecule has 0 saturated heterocycles. The molecule has 2 heterocycles. The van der Waals surface area contributed by atoms with Gasteiger partial charge in [0.15, 0.2) is 0 Å². The maximum Gasteiger partial charge on any atom is 0.128 e. The molecule has 5 rings (SSSR count). The predicted octanol–water partition coefficient (Wildman–Crippen LogP) is 9.67. The lowest BCUT2D eigenvalue weighted by molar-refractivity contribution is 0.482. The van der Waals surface area contributed by atoms with Gasteiger partial charge in [0.05, 0.1) is 6.54 Å². The maximum absolute atomic E-state index is 4.63. The van der Waals surface area contributed by atoms with E-state index in [2.05, 4.69) is 95.2 Å². The second-order valence-corrected chi connectivity index (χ2v) is 11.5. The molecule has 36 heavy (non-hydrogen) atoms. The molecular weight excluding hydrogens is 576 g/mol. The first-order valence-electron chi connectivity index (χ1n) is 13.4. The highest BCUT2D eigenvalue weighted by Crippen LogP contribution is 2.29. The summed E-state index contributed by atoms with van der Waals surface area (Å²) >= 11 is 7.14. The molecule has 0 unspecified atom stereocenters. The largest absolute Gasteiger partial charge is 0.340 e. The van der Waals surface area contributed by atoms with Gasteiger partial charge >= 0.3 is 0 Å². The predicted molar refractivity (Wildman–Crippen MR) is 159 cm³/mol. The van der Waals surface area contributed by atoms with Crippen molar-refractivity contribution in [1.82, 2.24) is 19.6 Å². The van der Waals surface area contributed by atoms with Crippen molar-refractivity contribution < 1.29 is 0 Å². The Kier molecular flexibility index (Phi) is 8.75. The van der Waals surface area contributed by atoms with Crippen LogP contribution >= 0.6 is 31.9 Å². The minimum Gasteiger partial charge on any atom is -0.340 e. The molecule has 0 aliphatic heterocycles. The van der Waals surface area contributed by atoms with Crippen LogP contribution in [0.2, 0.25) is 0 Å². The molecule has 188 valence electrons. The third-order valence-corrected chi connectivity index (χ3v) is 8.43. The van der Waals surface area contributed by atoms with E-state index < -0.39 is 0 Å². The summed E-state index contributed by atoms with van der Waals surface area (Å²) in [7, 11) is 0. The van der Waals surface area contributed by atoms with E-state index in [0.717, 1.165) is 39.5 Å². The van der Waals surface area contributed by atoms with Crippen molar-refractivity contribution >= 4 is 64.7 Å². The van der Waals surface area contributed by atoms with E-state index in [-0.39, 0.29) is 0 Å². The van der Waals surface area contributed by atoms with Crippen molar-refractivity contribution in [1.29, 1.82) is 0 Å². The molecule has 3 aromatic carbocycles. The number of nitrogens with zero attached hydrogens (tertiary/aromatic N) is 4. The van der Waals surface area contributed by atoms with Crippen molar-refractivity contribution in [2.75, 3.05) is 0 Å². The Bertz CT molecular complexity index is 1340. The van der Waals surface area contributed by atoms with E-state index in [0.29, 0.717) is 0 Å². The van der Waals surface area contributed by atoms with Gasteiger partial charge in [-0.3, -0.25) is 0 Å². The number of aryl methyl sites for hydroxylation is 2. The first-order chi connectivity index (χ1) is 17.7. The van der Waals surface area contributed by atoms with Crippen LogP contribution in [0, 0.1) is 0 Å². The van der Waals surface area contributed by atoms with Gasteiger partial charge in [-0.05, 0) is 69.0 Å². The van der Waals surface area contributed by atoms with E-state index in [1.54, 1.807) is 0 Å². The summed E-state index contributed by atoms with van der Waals surface area (Å²) in [6.07, 6.45) is 13.0. The third kappa shape index (κ3) is 5.86. The molecule has 5 aromatic rings. The van der Waals surface area contributed by atoms with E-state index in [4.69, 9.17) is 0 Å². The summed E-state index contributed by atoms with van der Waals surface area (Å²) in [4.78, 5) is 1.85. The van der Waals surface area contributed by atoms with Gasteiger partial charge < -0.3 is 4.57 Å². The summed E-state index contributed by atoms with van der Waals surface area (Å²) in [5, 5.41) is 12.0. The van der Waals surface area contributed by atoms with Crippen LogP contribution in [0.1, 0.15) is 64.2 Å². The van der Waals surface area contributed by atoms with Crippen molar-refractivity contribution in [3.05, 3.63) is 69.6 Å². The molecule has 0 radical (unpaired) electrons. The fourth-order valence-corrected chi connectivity index (χ4v) is 6.05. The van der Waals surface area contributed by atoms with Crippen LogP contribution in [0.4, 0.5) is 0 Å². The summed E-state index contributed by atoms with van der Waals surface area (Å²) in [6.45, 7) is 2.00. The average molecular weight is 610 g/mol. The minimum absolute atomic E-state index is 0.888. The number of unbranched alkanes of at least 4 members (excludes halogenated alkanes) is 9. The second-order valence-electron chi connectivity index (χ2n) is 9.74. The molecule has 0 fully saturated rings. The number of halogens is 2. The van der Waals surface area contributed by atoms with Crippen molar-refractivity contribution in [3.8, 4) is 0 Å². The lowest BCUT2D eigenvalue weighted by Crippen LogP contribution is -2.02. The molecular formula is C30H34Br2N4. The smallest absolute Gasteiger partial charge is 0.128 e. The number of aromatic nitrogens is 4. The quantitative estimate of drug-likeness (QED) is 0.125. The van der Waals surface area contributed by atoms with Gasteiger partial charge in [0.2, 0.25) is 0 Å². The Morgan fingerprint density at radius 1 is 0.500 bits per heavy atom. The summed E-state index contributed by atoms with van der Waals surface area (Å²) in [6, 6.07) is 21.7. The molecule has 0 atom stereocenters. The fraction of sp³-hybridized carbons (Fsp3) is 0.400. The van der Waals surface area contributed by atoms with Gasteiger partial charge in [0.1, 0.15) is 11.0 Å². The van der Waals surface area contributed by atoms with E-state index >= 15 is 0 Å². The Labute approximate surface area is 230 Å². The molecule has 4 nitrogen and oxygen atoms in total. The maximum atomic E-state index is 4.63. The van der Waals surface area contributed by atoms with Crippen LogP contribution in [0.5, 0.6) is 0 Å². The molecule has 0 bridgehead atoms. The molecule has 0 saturated carbocycles. The minimum atomic E-state index is 0.888. The highest BCUT2D eigenvalue weighted by atomic mass is 79.9. The number of benzene rings is 3. The lowest BCUT2D eigenvalue weighted by Gasteiger charge is -2.07. The topological polar surface area (TPSA) is 35.6 Å². The highest BCUT2D eigenvalue weighted by Gasteiger charge is 2.10. The lowest BCUT2D eigenvalue weighted by atomic mass is 10.1. The van der Waals surface area contributed by atoms with Gasteiger partial charge in [-0.25, -0.2) is 0 Å². The van der Waals surface area contributed by atoms with Crippen LogP contribution in [0.3, 0.4) is 0 Å². The number of rotatable bonds is 13. The van der Waals surface area contributed by atoms with Gasteiger partial charge in [-0.15, -0.1) is 0 Å². The van der Waals surface area contributed by atoms with Crippen LogP contribution in [0.25, 0.3) is 32.8 Å². The molecule has 0 amide bonds. The fourth-order valence-electron chi connectivity index (χ4n) is 5.26. The average Bonchev–Trinajstić information content (AvgIpc) is 3.48. The summed E-state index contributed by atoms with van der Waals surface area (Å²) in [5.74, 6) is 0. The first kappa shape index (κ1) is 25.5. The number of hydrogen-bond acceptors (Lipinski definition) is 2. The SMILES string of the molecule is Brc1ccc(Br)c2nn(CCCCCCCCCCCCn3c4ccccc4c4ccccc43)nc12. The zero-order valence-electron chi connectivity index (χ0n) is 20.8. The van der Waals surface area contributed by atoms with Crippen LogP contribution in [0.15, 0.2) is 69.6 Å². The van der Waals surface area contributed by atoms with Crippen LogP contribution < -0.4 is 0 Å². The standard InChI is InChI=1S/C30H34Br2N4/c31-25-19-20-26(32)30-29(25)33-36(34-30)22-14-8-6-4-2-1-3-5-7-13-21-35-27-17-11-9-15-23(27)24-16-10-12-18-28(24)35/h9-12,15-20H,1-8,13-14,21-22H2. The van der Waals surface area contributed by atoms with Gasteiger partial charge in [0.25, 0.3) is 0 Å². The van der Waals surface area contributed by atoms with Gasteiger partial charge in [0, 0.05) is 37.3 Å². The Hall–Kier alpha value is -2.18. The number of hydrogen-bond donors (Lipinski definition) is 0. The van der Waals surface area contributed by atoms with Crippen LogP contribution in [-0.2, 0) is 13.1 Å². The molecule has 0 aliphatic rings. The molecule has 0 spiro atoms. The number of para-hydroxylation sites is 2. The summed E-state index contributed by atoms with van der Waals surface area (Å²) in [5.41, 5.74) is 4.60. The monoisotopic (exact) mass is 608 g/mol. The molecule has 2 aromatic heterocycles. The molecule has 6 heteroatoms. The van der Waals surface area contributed by atoms with Crippen LogP contribution in [-0.4, -0.2) is 19.6 Å². The van der Waals surface area contributed by atoms with Gasteiger partial charge in [-0.1, -0.05) is 87.8 Å². The Balaban J connectivity index is 0.941. The third-order valence-electron chi connectivity index (χ3n) is 7.15. The van der Waals surface area contributed by atoms with Crippen molar-refractivity contribution in [2.24, 2.45) is 0 Å². The first-order valence-corrected chi connectivity index (χ1v) is 15.0. The van der Waals surface area contributed by atoms with E-state index in [1.165, 1.54) is 79.6 Å². The molecule has 0 N–H and O–H groups in total. The zero-order chi connectivity index (χ0) is 24.7. The number of fused-ring (bicyclic) bond motifs is 4. The van der Waals surface area contributed by atoms with E-state index in [9.17, 15) is 0 Å². The Morgan fingerprint density at radius 3 is 1.42 bits per heavy atom. The van der Waals surface area contributed by atoms with Crippen molar-refractivity contribution in [2.45, 2.75) is 77.3 Å². The highest BCUT2D eigenvalue weighted by molar-refractivity contribution is 9.11. The van der Waals surface area contributed by atoms with Gasteiger partial charge in [-0.2, -0.15) is 15.0 Å². The Morgan fingerprint density at radius 2 is 0.917 bits per heavy atom. The normalized spacial score (nSPS) is 11.8. The second kappa shape index (κ2) is 12.4. The van der Waals surface area contributed by atoms with Crippen molar-refractivity contribution in [3.63, 3.8) is 0 Å².